The second-order valence-corrected chi connectivity index (χ2v) is 4.78. The number of aliphatic imine (C=N–C) groups is 1. The second kappa shape index (κ2) is 7.33. The molecule has 2 aromatic rings. The number of nitrogens with one attached hydrogen (secondary N) is 1. The van der Waals surface area contributed by atoms with E-state index in [1.54, 1.807) is 12.3 Å². The maximum Gasteiger partial charge on any atom is 0.192 e. The van der Waals surface area contributed by atoms with Crippen molar-refractivity contribution in [1.82, 2.24) is 18.7 Å². The van der Waals surface area contributed by atoms with E-state index >= 15 is 0 Å². The predicted molar refractivity (Wildman–Crippen MR) is 83.3 cm³/mol. The van der Waals surface area contributed by atoms with Gasteiger partial charge in [-0.2, -0.15) is 13.7 Å². The molecule has 0 atom stereocenters. The van der Waals surface area contributed by atoms with E-state index in [2.05, 4.69) is 29.0 Å². The lowest BCUT2D eigenvalue weighted by molar-refractivity contribution is 0.729. The number of nitrogen functional groups attached to an aromatic ring is 1. The summed E-state index contributed by atoms with van der Waals surface area (Å²) >= 11 is 1.09. The van der Waals surface area contributed by atoms with Crippen LogP contribution in [0.2, 0.25) is 0 Å². The van der Waals surface area contributed by atoms with E-state index in [1.807, 2.05) is 0 Å². The van der Waals surface area contributed by atoms with Crippen LogP contribution in [0.15, 0.2) is 17.3 Å². The van der Waals surface area contributed by atoms with E-state index < -0.39 is 0 Å². The molecule has 112 valence electrons. The molecule has 0 aliphatic rings. The smallest absolute Gasteiger partial charge is 0.192 e. The lowest BCUT2D eigenvalue weighted by Gasteiger charge is -2.03. The van der Waals surface area contributed by atoms with Crippen LogP contribution >= 0.6 is 11.7 Å². The van der Waals surface area contributed by atoms with Gasteiger partial charge in [0, 0.05) is 25.2 Å². The summed E-state index contributed by atoms with van der Waals surface area (Å²) in [5.41, 5.74) is 16.2. The number of unbranched alkanes of at least 4 members (excludes halogenated alkanes) is 1. The van der Waals surface area contributed by atoms with E-state index in [1.165, 1.54) is 0 Å². The first-order valence-electron chi connectivity index (χ1n) is 6.38. The predicted octanol–water partition coefficient (Wildman–Crippen LogP) is 0.250. The molecule has 0 aliphatic carbocycles. The Morgan fingerprint density at radius 2 is 2.14 bits per heavy atom. The largest absolute Gasteiger partial charge is 0.380 e. The van der Waals surface area contributed by atoms with Gasteiger partial charge in [0.2, 0.25) is 0 Å². The zero-order valence-electron chi connectivity index (χ0n) is 11.4. The molecule has 0 saturated heterocycles. The van der Waals surface area contributed by atoms with Gasteiger partial charge in [-0.3, -0.25) is 0 Å². The summed E-state index contributed by atoms with van der Waals surface area (Å²) in [7, 11) is 0. The molecule has 0 aliphatic heterocycles. The number of anilines is 2. The summed E-state index contributed by atoms with van der Waals surface area (Å²) in [6, 6.07) is 1.66. The number of rotatable bonds is 7. The van der Waals surface area contributed by atoms with Crippen molar-refractivity contribution >= 4 is 35.1 Å². The molecular weight excluding hydrogens is 290 g/mol. The fourth-order valence-electron chi connectivity index (χ4n) is 1.64. The Morgan fingerprint density at radius 3 is 2.86 bits per heavy atom. The van der Waals surface area contributed by atoms with E-state index in [0.29, 0.717) is 23.3 Å². The zero-order chi connectivity index (χ0) is 15.1. The Kier molecular flexibility index (Phi) is 5.21. The minimum atomic E-state index is -0.0155. The van der Waals surface area contributed by atoms with E-state index in [0.717, 1.165) is 37.5 Å². The van der Waals surface area contributed by atoms with Crippen LogP contribution in [0.4, 0.5) is 17.5 Å². The molecule has 9 nitrogen and oxygen atoms in total. The fraction of sp³-hybridized carbons (Fsp3) is 0.364. The molecule has 2 heterocycles. The van der Waals surface area contributed by atoms with E-state index in [-0.39, 0.29) is 5.96 Å². The standard InChI is InChI=1S/C11H17N9S/c12-9-10(20-21-19-9)16-5-2-1-3-7-15-6-4-8(17-7)18-11(13)14/h4,6H,1-3,5H2,(H2,12,19)(H,16,20)(H4,13,14,15,17,18). The number of aryl methyl sites for hydroxylation is 1. The van der Waals surface area contributed by atoms with Crippen molar-refractivity contribution in [2.45, 2.75) is 19.3 Å². The van der Waals surface area contributed by atoms with Gasteiger partial charge in [-0.15, -0.1) is 0 Å². The van der Waals surface area contributed by atoms with E-state index in [9.17, 15) is 0 Å². The molecule has 0 fully saturated rings. The van der Waals surface area contributed by atoms with Crippen LogP contribution < -0.4 is 22.5 Å². The molecule has 0 unspecified atom stereocenters. The monoisotopic (exact) mass is 307 g/mol. The minimum Gasteiger partial charge on any atom is -0.380 e. The maximum absolute atomic E-state index is 5.62. The molecule has 7 N–H and O–H groups in total. The Hall–Kier alpha value is -2.49. The van der Waals surface area contributed by atoms with Gasteiger partial charge in [0.1, 0.15) is 5.82 Å². The van der Waals surface area contributed by atoms with Gasteiger partial charge in [-0.05, 0) is 12.8 Å². The molecule has 0 aromatic carbocycles. The lowest BCUT2D eigenvalue weighted by atomic mass is 10.2. The van der Waals surface area contributed by atoms with Gasteiger partial charge in [-0.1, -0.05) is 0 Å². The number of guanidine groups is 1. The number of hydrogen-bond acceptors (Lipinski definition) is 8. The highest BCUT2D eigenvalue weighted by Crippen LogP contribution is 2.13. The van der Waals surface area contributed by atoms with Crippen molar-refractivity contribution in [2.75, 3.05) is 17.6 Å². The number of hydrogen-bond donors (Lipinski definition) is 4. The van der Waals surface area contributed by atoms with Gasteiger partial charge in [0.25, 0.3) is 0 Å². The average molecular weight is 307 g/mol. The summed E-state index contributed by atoms with van der Waals surface area (Å²) in [6.45, 7) is 0.767. The summed E-state index contributed by atoms with van der Waals surface area (Å²) in [4.78, 5) is 12.3. The lowest BCUT2D eigenvalue weighted by Crippen LogP contribution is -2.22. The Bertz CT molecular complexity index is 605. The highest BCUT2D eigenvalue weighted by atomic mass is 32.1. The summed E-state index contributed by atoms with van der Waals surface area (Å²) in [6.07, 6.45) is 4.26. The molecule has 2 aromatic heterocycles. The molecule has 10 heteroatoms. The number of nitrogens with zero attached hydrogens (tertiary/aromatic N) is 5. The van der Waals surface area contributed by atoms with Crippen LogP contribution in [-0.2, 0) is 6.42 Å². The fourth-order valence-corrected chi connectivity index (χ4v) is 2.09. The average Bonchev–Trinajstić information content (AvgIpc) is 2.84. The van der Waals surface area contributed by atoms with Gasteiger partial charge < -0.3 is 22.5 Å². The quantitative estimate of drug-likeness (QED) is 0.322. The SMILES string of the molecule is NC(N)=Nc1ccnc(CCCCNc2nsnc2N)n1. The Labute approximate surface area is 126 Å². The first-order chi connectivity index (χ1) is 10.1. The number of nitrogens with two attached hydrogens (primary N) is 3. The molecule has 2 rings (SSSR count). The normalized spacial score (nSPS) is 10.3. The molecular formula is C11H17N9S. The van der Waals surface area contributed by atoms with Crippen LogP contribution in [0, 0.1) is 0 Å². The van der Waals surface area contributed by atoms with Crippen LogP contribution in [-0.4, -0.2) is 31.2 Å². The molecule has 0 bridgehead atoms. The van der Waals surface area contributed by atoms with E-state index in [4.69, 9.17) is 17.2 Å². The Balaban J connectivity index is 1.73. The van der Waals surface area contributed by atoms with Crippen molar-refractivity contribution in [3.63, 3.8) is 0 Å². The van der Waals surface area contributed by atoms with Crippen LogP contribution in [0.1, 0.15) is 18.7 Å². The van der Waals surface area contributed by atoms with Gasteiger partial charge in [-0.25, -0.2) is 9.97 Å². The molecule has 21 heavy (non-hydrogen) atoms. The third-order valence-corrected chi connectivity index (χ3v) is 3.11. The summed E-state index contributed by atoms with van der Waals surface area (Å²) in [5, 5.41) is 3.13. The van der Waals surface area contributed by atoms with Crippen molar-refractivity contribution in [1.29, 1.82) is 0 Å². The molecule has 0 amide bonds. The third-order valence-electron chi connectivity index (χ3n) is 2.57. The summed E-state index contributed by atoms with van der Waals surface area (Å²) < 4.78 is 7.93. The van der Waals surface area contributed by atoms with Crippen molar-refractivity contribution in [3.05, 3.63) is 18.1 Å². The topological polar surface area (TPSA) is 154 Å². The summed E-state index contributed by atoms with van der Waals surface area (Å²) in [5.74, 6) is 2.25. The molecule has 0 radical (unpaired) electrons. The van der Waals surface area contributed by atoms with Gasteiger partial charge in [0.15, 0.2) is 23.4 Å². The van der Waals surface area contributed by atoms with Crippen molar-refractivity contribution in [2.24, 2.45) is 16.5 Å². The second-order valence-electron chi connectivity index (χ2n) is 4.25. The molecule has 0 saturated carbocycles. The third kappa shape index (κ3) is 4.84. The first kappa shape index (κ1) is 14.9. The highest BCUT2D eigenvalue weighted by molar-refractivity contribution is 6.99. The van der Waals surface area contributed by atoms with Crippen molar-refractivity contribution in [3.8, 4) is 0 Å². The number of aromatic nitrogens is 4. The van der Waals surface area contributed by atoms with Gasteiger partial charge in [0.05, 0.1) is 11.7 Å². The highest BCUT2D eigenvalue weighted by Gasteiger charge is 2.03. The minimum absolute atomic E-state index is 0.0155. The van der Waals surface area contributed by atoms with Crippen LogP contribution in [0.5, 0.6) is 0 Å². The van der Waals surface area contributed by atoms with Crippen LogP contribution in [0.3, 0.4) is 0 Å². The van der Waals surface area contributed by atoms with Crippen LogP contribution in [0.25, 0.3) is 0 Å². The maximum atomic E-state index is 5.62. The van der Waals surface area contributed by atoms with Crippen molar-refractivity contribution < 1.29 is 0 Å². The van der Waals surface area contributed by atoms with Gasteiger partial charge >= 0.3 is 0 Å². The molecule has 0 spiro atoms. The Morgan fingerprint density at radius 1 is 1.29 bits per heavy atom. The zero-order valence-corrected chi connectivity index (χ0v) is 12.2. The first-order valence-corrected chi connectivity index (χ1v) is 7.11.